The predicted octanol–water partition coefficient (Wildman–Crippen LogP) is 2.57. The molecule has 4 heteroatoms. The molecule has 1 aromatic rings. The summed E-state index contributed by atoms with van der Waals surface area (Å²) in [7, 11) is 0. The average molecular weight is 232 g/mol. The molecular formula is C11H18ClNO2. The molecule has 86 valence electrons. The van der Waals surface area contributed by atoms with Crippen molar-refractivity contribution in [2.75, 3.05) is 6.54 Å². The minimum Gasteiger partial charge on any atom is -0.448 e. The third kappa shape index (κ3) is 5.21. The Morgan fingerprint density at radius 1 is 1.53 bits per heavy atom. The highest BCUT2D eigenvalue weighted by Gasteiger charge is 2.01. The molecule has 3 nitrogen and oxygen atoms in total. The molecule has 0 saturated heterocycles. The van der Waals surface area contributed by atoms with Gasteiger partial charge in [-0.3, -0.25) is 0 Å². The second-order valence-electron chi connectivity index (χ2n) is 3.59. The second-order valence-corrected chi connectivity index (χ2v) is 3.96. The summed E-state index contributed by atoms with van der Waals surface area (Å²) in [5, 5.41) is 13.0. The van der Waals surface area contributed by atoms with Crippen molar-refractivity contribution in [3.05, 3.63) is 23.1 Å². The topological polar surface area (TPSA) is 45.4 Å². The lowest BCUT2D eigenvalue weighted by Crippen LogP contribution is -2.16. The molecule has 1 rings (SSSR count). The Morgan fingerprint density at radius 3 is 2.93 bits per heavy atom. The Balaban J connectivity index is 2.02. The van der Waals surface area contributed by atoms with E-state index in [-0.39, 0.29) is 6.10 Å². The van der Waals surface area contributed by atoms with Gasteiger partial charge in [-0.2, -0.15) is 0 Å². The minimum absolute atomic E-state index is 0.162. The van der Waals surface area contributed by atoms with Gasteiger partial charge in [-0.15, -0.1) is 0 Å². The number of nitrogens with one attached hydrogen (secondary N) is 1. The quantitative estimate of drug-likeness (QED) is 0.709. The Bertz CT molecular complexity index is 275. The van der Waals surface area contributed by atoms with Crippen LogP contribution in [0.1, 0.15) is 31.9 Å². The highest BCUT2D eigenvalue weighted by Crippen LogP contribution is 2.12. The number of hydrogen-bond acceptors (Lipinski definition) is 3. The molecule has 0 aliphatic carbocycles. The standard InChI is InChI=1S/C11H18ClNO2/c1-2-9(14)4-3-7-13-8-10-5-6-11(12)15-10/h5-6,9,13-14H,2-4,7-8H2,1H3. The first-order valence-corrected chi connectivity index (χ1v) is 5.73. The molecule has 1 atom stereocenters. The molecule has 1 unspecified atom stereocenters. The summed E-state index contributed by atoms with van der Waals surface area (Å²) in [6, 6.07) is 3.59. The molecule has 0 saturated carbocycles. The lowest BCUT2D eigenvalue weighted by molar-refractivity contribution is 0.157. The molecule has 0 aromatic carbocycles. The van der Waals surface area contributed by atoms with E-state index >= 15 is 0 Å². The van der Waals surface area contributed by atoms with E-state index in [0.29, 0.717) is 11.8 Å². The Hall–Kier alpha value is -0.510. The van der Waals surface area contributed by atoms with Gasteiger partial charge in [-0.25, -0.2) is 0 Å². The molecule has 2 N–H and O–H groups in total. The van der Waals surface area contributed by atoms with Crippen LogP contribution in [0.5, 0.6) is 0 Å². The van der Waals surface area contributed by atoms with E-state index in [1.165, 1.54) is 0 Å². The van der Waals surface area contributed by atoms with Crippen LogP contribution in [0, 0.1) is 0 Å². The van der Waals surface area contributed by atoms with E-state index in [4.69, 9.17) is 16.0 Å². The zero-order chi connectivity index (χ0) is 11.1. The van der Waals surface area contributed by atoms with Crippen molar-refractivity contribution in [2.24, 2.45) is 0 Å². The maximum absolute atomic E-state index is 9.31. The SMILES string of the molecule is CCC(O)CCCNCc1ccc(Cl)o1. The number of hydrogen-bond donors (Lipinski definition) is 2. The summed E-state index contributed by atoms with van der Waals surface area (Å²) >= 11 is 5.63. The maximum Gasteiger partial charge on any atom is 0.193 e. The summed E-state index contributed by atoms with van der Waals surface area (Å²) in [6.07, 6.45) is 2.49. The van der Waals surface area contributed by atoms with Gasteiger partial charge in [0.25, 0.3) is 0 Å². The van der Waals surface area contributed by atoms with Gasteiger partial charge in [0.1, 0.15) is 5.76 Å². The van der Waals surface area contributed by atoms with Gasteiger partial charge in [0, 0.05) is 0 Å². The normalized spacial score (nSPS) is 13.0. The fourth-order valence-electron chi connectivity index (χ4n) is 1.33. The van der Waals surface area contributed by atoms with E-state index in [1.54, 1.807) is 6.07 Å². The van der Waals surface area contributed by atoms with E-state index < -0.39 is 0 Å². The van der Waals surface area contributed by atoms with E-state index in [1.807, 2.05) is 13.0 Å². The highest BCUT2D eigenvalue weighted by molar-refractivity contribution is 6.28. The summed E-state index contributed by atoms with van der Waals surface area (Å²) in [6.45, 7) is 3.56. The monoisotopic (exact) mass is 231 g/mol. The fraction of sp³-hybridized carbons (Fsp3) is 0.636. The number of furan rings is 1. The first kappa shape index (κ1) is 12.6. The van der Waals surface area contributed by atoms with Crippen molar-refractivity contribution in [1.29, 1.82) is 0 Å². The van der Waals surface area contributed by atoms with Crippen molar-refractivity contribution < 1.29 is 9.52 Å². The number of halogens is 1. The molecule has 0 bridgehead atoms. The van der Waals surface area contributed by atoms with Crippen molar-refractivity contribution in [3.63, 3.8) is 0 Å². The van der Waals surface area contributed by atoms with Crippen molar-refractivity contribution in [3.8, 4) is 0 Å². The van der Waals surface area contributed by atoms with Crippen LogP contribution in [0.3, 0.4) is 0 Å². The largest absolute Gasteiger partial charge is 0.448 e. The van der Waals surface area contributed by atoms with Crippen LogP contribution in [0.15, 0.2) is 16.5 Å². The first-order chi connectivity index (χ1) is 7.22. The predicted molar refractivity (Wildman–Crippen MR) is 61.0 cm³/mol. The fourth-order valence-corrected chi connectivity index (χ4v) is 1.49. The first-order valence-electron chi connectivity index (χ1n) is 5.35. The minimum atomic E-state index is -0.162. The third-order valence-electron chi connectivity index (χ3n) is 2.29. The zero-order valence-electron chi connectivity index (χ0n) is 9.00. The van der Waals surface area contributed by atoms with E-state index in [2.05, 4.69) is 5.32 Å². The lowest BCUT2D eigenvalue weighted by atomic mass is 10.1. The molecule has 0 radical (unpaired) electrons. The highest BCUT2D eigenvalue weighted by atomic mass is 35.5. The van der Waals surface area contributed by atoms with Crippen molar-refractivity contribution in [2.45, 2.75) is 38.8 Å². The third-order valence-corrected chi connectivity index (χ3v) is 2.49. The second kappa shape index (κ2) is 6.88. The summed E-state index contributed by atoms with van der Waals surface area (Å²) in [5.41, 5.74) is 0. The molecule has 0 spiro atoms. The molecule has 1 heterocycles. The van der Waals surface area contributed by atoms with Gasteiger partial charge >= 0.3 is 0 Å². The van der Waals surface area contributed by atoms with E-state index in [9.17, 15) is 5.11 Å². The molecular weight excluding hydrogens is 214 g/mol. The Kier molecular flexibility index (Phi) is 5.76. The molecule has 0 amide bonds. The number of rotatable bonds is 7. The number of aliphatic hydroxyl groups is 1. The van der Waals surface area contributed by atoms with Crippen LogP contribution in [-0.4, -0.2) is 17.8 Å². The summed E-state index contributed by atoms with van der Waals surface area (Å²) in [4.78, 5) is 0. The Morgan fingerprint density at radius 2 is 2.33 bits per heavy atom. The smallest absolute Gasteiger partial charge is 0.193 e. The molecule has 0 aliphatic heterocycles. The van der Waals surface area contributed by atoms with Crippen LogP contribution in [0.25, 0.3) is 0 Å². The van der Waals surface area contributed by atoms with Gasteiger partial charge in [-0.05, 0) is 49.5 Å². The molecule has 0 aliphatic rings. The van der Waals surface area contributed by atoms with Gasteiger partial charge in [0.05, 0.1) is 12.6 Å². The summed E-state index contributed by atoms with van der Waals surface area (Å²) < 4.78 is 5.19. The van der Waals surface area contributed by atoms with Gasteiger partial charge < -0.3 is 14.8 Å². The number of aliphatic hydroxyl groups excluding tert-OH is 1. The van der Waals surface area contributed by atoms with Crippen molar-refractivity contribution in [1.82, 2.24) is 5.32 Å². The van der Waals surface area contributed by atoms with Gasteiger partial charge in [0.15, 0.2) is 5.22 Å². The van der Waals surface area contributed by atoms with Gasteiger partial charge in [0.2, 0.25) is 0 Å². The van der Waals surface area contributed by atoms with Crippen LogP contribution in [0.2, 0.25) is 5.22 Å². The van der Waals surface area contributed by atoms with Crippen LogP contribution >= 0.6 is 11.6 Å². The lowest BCUT2D eigenvalue weighted by Gasteiger charge is -2.07. The average Bonchev–Trinajstić information content (AvgIpc) is 2.63. The molecule has 0 fully saturated rings. The van der Waals surface area contributed by atoms with Gasteiger partial charge in [-0.1, -0.05) is 6.92 Å². The Labute approximate surface area is 95.4 Å². The van der Waals surface area contributed by atoms with E-state index in [0.717, 1.165) is 31.6 Å². The van der Waals surface area contributed by atoms with Crippen LogP contribution in [0.4, 0.5) is 0 Å². The molecule has 1 aromatic heterocycles. The maximum atomic E-state index is 9.31. The molecule has 15 heavy (non-hydrogen) atoms. The van der Waals surface area contributed by atoms with Crippen LogP contribution in [-0.2, 0) is 6.54 Å². The van der Waals surface area contributed by atoms with Crippen LogP contribution < -0.4 is 5.32 Å². The van der Waals surface area contributed by atoms with Crippen molar-refractivity contribution >= 4 is 11.6 Å². The zero-order valence-corrected chi connectivity index (χ0v) is 9.76. The summed E-state index contributed by atoms with van der Waals surface area (Å²) in [5.74, 6) is 0.844.